The van der Waals surface area contributed by atoms with Crippen LogP contribution in [0.4, 0.5) is 17.1 Å². The molecular formula is C23H17ClN5O4S-. The molecule has 0 spiro atoms. The molecule has 0 fully saturated rings. The van der Waals surface area contributed by atoms with Crippen LogP contribution in [-0.2, 0) is 4.79 Å². The van der Waals surface area contributed by atoms with Crippen LogP contribution in [0.5, 0.6) is 0 Å². The van der Waals surface area contributed by atoms with Crippen LogP contribution in [0.15, 0.2) is 87.4 Å². The number of halogens is 1. The first kappa shape index (κ1) is 23.5. The van der Waals surface area contributed by atoms with Crippen molar-refractivity contribution in [1.82, 2.24) is 10.2 Å². The Bertz CT molecular complexity index is 1290. The second kappa shape index (κ2) is 10.9. The quantitative estimate of drug-likeness (QED) is 0.185. The van der Waals surface area contributed by atoms with Gasteiger partial charge in [0.15, 0.2) is 0 Å². The maximum atomic E-state index is 12.2. The van der Waals surface area contributed by atoms with Crippen LogP contribution >= 0.6 is 23.4 Å². The third kappa shape index (κ3) is 6.42. The first-order valence-electron chi connectivity index (χ1n) is 9.89. The Morgan fingerprint density at radius 2 is 1.91 bits per heavy atom. The topological polar surface area (TPSA) is 127 Å². The molecule has 0 unspecified atom stereocenters. The predicted octanol–water partition coefficient (Wildman–Crippen LogP) is 5.56. The molecule has 11 heteroatoms. The standard InChI is InChI=1S/C23H17ClN5O4S/c24-17-8-4-15(5-9-17)13-25-18-10-6-16(7-11-18)22-27-28-23(33-22)34-14-21(30)26-19-2-1-3-20(12-19)29(31)32/h1-13,31H,14H2,(H,26,30)/q-1. The highest BCUT2D eigenvalue weighted by molar-refractivity contribution is 7.99. The first-order chi connectivity index (χ1) is 16.5. The zero-order valence-corrected chi connectivity index (χ0v) is 19.0. The van der Waals surface area contributed by atoms with E-state index >= 15 is 0 Å². The number of carbonyl (C=O) groups is 1. The molecular weight excluding hydrogens is 478 g/mol. The van der Waals surface area contributed by atoms with Crippen LogP contribution in [0.3, 0.4) is 0 Å². The summed E-state index contributed by atoms with van der Waals surface area (Å²) in [6.07, 6.45) is 1.74. The van der Waals surface area contributed by atoms with E-state index in [9.17, 15) is 10.0 Å². The fourth-order valence-electron chi connectivity index (χ4n) is 2.80. The number of carbonyl (C=O) groups excluding carboxylic acids is 1. The Morgan fingerprint density at radius 3 is 2.65 bits per heavy atom. The average Bonchev–Trinajstić information content (AvgIpc) is 3.32. The normalized spacial score (nSPS) is 11.0. The third-order valence-corrected chi connectivity index (χ3v) is 5.50. The molecule has 34 heavy (non-hydrogen) atoms. The van der Waals surface area contributed by atoms with Gasteiger partial charge in [-0.3, -0.25) is 15.0 Å². The van der Waals surface area contributed by atoms with Crippen molar-refractivity contribution in [3.05, 3.63) is 88.6 Å². The van der Waals surface area contributed by atoms with E-state index in [1.54, 1.807) is 24.4 Å². The van der Waals surface area contributed by atoms with Gasteiger partial charge in [-0.2, -0.15) is 0 Å². The van der Waals surface area contributed by atoms with E-state index in [2.05, 4.69) is 20.5 Å². The summed E-state index contributed by atoms with van der Waals surface area (Å²) in [7, 11) is 0. The van der Waals surface area contributed by atoms with Crippen molar-refractivity contribution in [3.63, 3.8) is 0 Å². The van der Waals surface area contributed by atoms with Crippen molar-refractivity contribution < 1.29 is 14.4 Å². The smallest absolute Gasteiger partial charge is 0.277 e. The van der Waals surface area contributed by atoms with Crippen molar-refractivity contribution in [2.45, 2.75) is 5.22 Å². The Kier molecular flexibility index (Phi) is 7.55. The van der Waals surface area contributed by atoms with Crippen molar-refractivity contribution in [2.75, 3.05) is 16.3 Å². The van der Waals surface area contributed by atoms with Gasteiger partial charge in [-0.15, -0.1) is 10.2 Å². The zero-order chi connectivity index (χ0) is 23.9. The molecule has 0 atom stereocenters. The van der Waals surface area contributed by atoms with Gasteiger partial charge in [0, 0.05) is 22.5 Å². The van der Waals surface area contributed by atoms with Crippen LogP contribution in [0.25, 0.3) is 11.5 Å². The number of benzene rings is 3. The molecule has 3 aromatic carbocycles. The molecule has 0 aliphatic carbocycles. The summed E-state index contributed by atoms with van der Waals surface area (Å²) in [6.45, 7) is 0. The Morgan fingerprint density at radius 1 is 1.15 bits per heavy atom. The number of rotatable bonds is 8. The van der Waals surface area contributed by atoms with Crippen LogP contribution in [0.1, 0.15) is 5.56 Å². The van der Waals surface area contributed by atoms with Gasteiger partial charge in [-0.05, 0) is 60.2 Å². The molecule has 0 saturated heterocycles. The van der Waals surface area contributed by atoms with Gasteiger partial charge < -0.3 is 20.2 Å². The highest BCUT2D eigenvalue weighted by Crippen LogP contribution is 2.25. The van der Waals surface area contributed by atoms with E-state index in [-0.39, 0.29) is 27.8 Å². The summed E-state index contributed by atoms with van der Waals surface area (Å²) >= 11 is 6.96. The lowest BCUT2D eigenvalue weighted by molar-refractivity contribution is -0.113. The summed E-state index contributed by atoms with van der Waals surface area (Å²) in [5.74, 6) is 0.00672. The van der Waals surface area contributed by atoms with Crippen molar-refractivity contribution in [3.8, 4) is 11.5 Å². The monoisotopic (exact) mass is 494 g/mol. The molecule has 0 aliphatic rings. The number of anilines is 2. The molecule has 0 bridgehead atoms. The molecule has 4 aromatic rings. The summed E-state index contributed by atoms with van der Waals surface area (Å²) in [6, 6.07) is 20.6. The Hall–Kier alpha value is -3.70. The molecule has 1 amide bonds. The largest absolute Gasteiger partial charge is 0.733 e. The fourth-order valence-corrected chi connectivity index (χ4v) is 3.49. The SMILES string of the molecule is O=C(CSc1nnc(-c2ccc(N=Cc3ccc(Cl)cc3)cc2)o1)Nc1cccc(N([O-])O)c1. The van der Waals surface area contributed by atoms with E-state index in [0.29, 0.717) is 16.6 Å². The highest BCUT2D eigenvalue weighted by atomic mass is 35.5. The molecule has 2 N–H and O–H groups in total. The summed E-state index contributed by atoms with van der Waals surface area (Å²) < 4.78 is 5.63. The number of amides is 1. The molecule has 1 heterocycles. The van der Waals surface area contributed by atoms with Gasteiger partial charge in [0.1, 0.15) is 0 Å². The van der Waals surface area contributed by atoms with Gasteiger partial charge >= 0.3 is 0 Å². The number of hydrogen-bond acceptors (Lipinski definition) is 9. The molecule has 1 aromatic heterocycles. The average molecular weight is 495 g/mol. The van der Waals surface area contributed by atoms with Gasteiger partial charge in [0.2, 0.25) is 11.8 Å². The minimum Gasteiger partial charge on any atom is -0.733 e. The number of hydrogen-bond donors (Lipinski definition) is 2. The minimum absolute atomic E-state index is 0.00804. The van der Waals surface area contributed by atoms with Crippen LogP contribution < -0.4 is 10.5 Å². The number of nitrogens with one attached hydrogen (secondary N) is 1. The number of aliphatic imine (C=N–C) groups is 1. The van der Waals surface area contributed by atoms with E-state index in [4.69, 9.17) is 21.2 Å². The van der Waals surface area contributed by atoms with Crippen LogP contribution in [0.2, 0.25) is 5.02 Å². The van der Waals surface area contributed by atoms with Gasteiger partial charge in [0.25, 0.3) is 5.22 Å². The van der Waals surface area contributed by atoms with Crippen molar-refractivity contribution >= 4 is 52.5 Å². The van der Waals surface area contributed by atoms with Crippen LogP contribution in [-0.4, -0.2) is 33.3 Å². The maximum Gasteiger partial charge on any atom is 0.277 e. The second-order valence-corrected chi connectivity index (χ2v) is 8.25. The highest BCUT2D eigenvalue weighted by Gasteiger charge is 2.12. The number of aromatic nitrogens is 2. The Balaban J connectivity index is 1.31. The lowest BCUT2D eigenvalue weighted by atomic mass is 10.2. The van der Waals surface area contributed by atoms with Crippen molar-refractivity contribution in [1.29, 1.82) is 0 Å². The van der Waals surface area contributed by atoms with E-state index in [0.717, 1.165) is 28.6 Å². The van der Waals surface area contributed by atoms with Gasteiger partial charge in [-0.1, -0.05) is 41.6 Å². The fraction of sp³-hybridized carbons (Fsp3) is 0.0435. The Labute approximate surface area is 203 Å². The van der Waals surface area contributed by atoms with E-state index in [1.165, 1.54) is 18.2 Å². The van der Waals surface area contributed by atoms with Gasteiger partial charge in [-0.25, -0.2) is 0 Å². The molecule has 0 radical (unpaired) electrons. The van der Waals surface area contributed by atoms with Crippen molar-refractivity contribution in [2.24, 2.45) is 4.99 Å². The second-order valence-electron chi connectivity index (χ2n) is 6.89. The summed E-state index contributed by atoms with van der Waals surface area (Å²) in [4.78, 5) is 16.6. The zero-order valence-electron chi connectivity index (χ0n) is 17.5. The molecule has 9 nitrogen and oxygen atoms in total. The molecule has 172 valence electrons. The lowest BCUT2D eigenvalue weighted by Gasteiger charge is -2.21. The summed E-state index contributed by atoms with van der Waals surface area (Å²) in [5, 5.41) is 31.2. The molecule has 0 saturated carbocycles. The van der Waals surface area contributed by atoms with E-state index < -0.39 is 0 Å². The molecule has 4 rings (SSSR count). The lowest BCUT2D eigenvalue weighted by Crippen LogP contribution is -2.14. The first-order valence-corrected chi connectivity index (χ1v) is 11.2. The number of thioether (sulfide) groups is 1. The maximum absolute atomic E-state index is 12.2. The third-order valence-electron chi connectivity index (χ3n) is 4.43. The molecule has 0 aliphatic heterocycles. The predicted molar refractivity (Wildman–Crippen MR) is 132 cm³/mol. The minimum atomic E-state index is -0.333. The van der Waals surface area contributed by atoms with Crippen LogP contribution in [0, 0.1) is 5.21 Å². The van der Waals surface area contributed by atoms with E-state index in [1.807, 2.05) is 36.4 Å². The van der Waals surface area contributed by atoms with Gasteiger partial charge in [0.05, 0.1) is 17.1 Å². The summed E-state index contributed by atoms with van der Waals surface area (Å²) in [5.41, 5.74) is 2.80. The number of nitrogens with zero attached hydrogens (tertiary/aromatic N) is 4.